The molecule has 5 rings (SSSR count). The monoisotopic (exact) mass is 460 g/mol. The average Bonchev–Trinajstić information content (AvgIpc) is 3.46. The Hall–Kier alpha value is -3.55. The van der Waals surface area contributed by atoms with Crippen LogP contribution in [0.4, 0.5) is 5.13 Å². The van der Waals surface area contributed by atoms with E-state index in [0.717, 1.165) is 27.0 Å². The summed E-state index contributed by atoms with van der Waals surface area (Å²) in [6, 6.07) is 20.5. The fourth-order valence-corrected chi connectivity index (χ4v) is 4.81. The van der Waals surface area contributed by atoms with Crippen LogP contribution in [0.2, 0.25) is 5.02 Å². The molecule has 32 heavy (non-hydrogen) atoms. The van der Waals surface area contributed by atoms with Crippen LogP contribution in [0.1, 0.15) is 21.7 Å². The molecule has 0 unspecified atom stereocenters. The summed E-state index contributed by atoms with van der Waals surface area (Å²) in [7, 11) is 0. The number of thiazole rings is 1. The number of fused-ring (bicyclic) bond motifs is 1. The van der Waals surface area contributed by atoms with Crippen molar-refractivity contribution in [3.63, 3.8) is 0 Å². The maximum atomic E-state index is 13.5. The van der Waals surface area contributed by atoms with Gasteiger partial charge in [0.1, 0.15) is 0 Å². The minimum Gasteiger partial charge on any atom is -0.355 e. The van der Waals surface area contributed by atoms with Gasteiger partial charge in [-0.1, -0.05) is 64.5 Å². The molecule has 0 aliphatic rings. The van der Waals surface area contributed by atoms with E-state index in [-0.39, 0.29) is 18.1 Å². The highest BCUT2D eigenvalue weighted by Gasteiger charge is 2.26. The molecule has 1 amide bonds. The SMILES string of the molecule is Cc1cc(Cl)cc2sc(N(Cc3ccccn3)C(=O)c3cc(-c4ccccc4)on3)nc12. The van der Waals surface area contributed by atoms with E-state index < -0.39 is 0 Å². The van der Waals surface area contributed by atoms with Gasteiger partial charge < -0.3 is 4.52 Å². The van der Waals surface area contributed by atoms with Gasteiger partial charge in [-0.25, -0.2) is 4.98 Å². The summed E-state index contributed by atoms with van der Waals surface area (Å²) < 4.78 is 6.37. The fourth-order valence-electron chi connectivity index (χ4n) is 3.39. The van der Waals surface area contributed by atoms with E-state index in [1.165, 1.54) is 11.3 Å². The van der Waals surface area contributed by atoms with Crippen molar-refractivity contribution in [2.24, 2.45) is 0 Å². The molecule has 0 saturated heterocycles. The van der Waals surface area contributed by atoms with Crippen molar-refractivity contribution in [1.82, 2.24) is 15.1 Å². The molecule has 6 nitrogen and oxygen atoms in total. The lowest BCUT2D eigenvalue weighted by Gasteiger charge is -2.18. The van der Waals surface area contributed by atoms with Crippen molar-refractivity contribution < 1.29 is 9.32 Å². The van der Waals surface area contributed by atoms with Crippen molar-refractivity contribution in [1.29, 1.82) is 0 Å². The molecule has 5 aromatic rings. The number of carbonyl (C=O) groups is 1. The maximum absolute atomic E-state index is 13.5. The second-order valence-electron chi connectivity index (χ2n) is 7.22. The van der Waals surface area contributed by atoms with Crippen LogP contribution in [0.3, 0.4) is 0 Å². The lowest BCUT2D eigenvalue weighted by atomic mass is 10.1. The van der Waals surface area contributed by atoms with Gasteiger partial charge in [-0.15, -0.1) is 0 Å². The molecular weight excluding hydrogens is 444 g/mol. The minimum atomic E-state index is -0.315. The van der Waals surface area contributed by atoms with E-state index in [1.807, 2.05) is 67.6 Å². The number of aryl methyl sites for hydroxylation is 1. The van der Waals surface area contributed by atoms with Crippen LogP contribution in [-0.4, -0.2) is 21.0 Å². The van der Waals surface area contributed by atoms with E-state index in [9.17, 15) is 4.79 Å². The van der Waals surface area contributed by atoms with Crippen molar-refractivity contribution >= 4 is 44.2 Å². The molecule has 0 fully saturated rings. The Balaban J connectivity index is 1.55. The molecule has 3 heterocycles. The van der Waals surface area contributed by atoms with Crippen LogP contribution in [0, 0.1) is 6.92 Å². The van der Waals surface area contributed by atoms with Crippen molar-refractivity contribution in [2.75, 3.05) is 4.90 Å². The number of aromatic nitrogens is 3. The summed E-state index contributed by atoms with van der Waals surface area (Å²) >= 11 is 7.63. The van der Waals surface area contributed by atoms with Gasteiger partial charge in [0.25, 0.3) is 5.91 Å². The van der Waals surface area contributed by atoms with E-state index in [0.29, 0.717) is 15.9 Å². The number of halogens is 1. The Labute approximate surface area is 193 Å². The smallest absolute Gasteiger partial charge is 0.282 e. The van der Waals surface area contributed by atoms with E-state index >= 15 is 0 Å². The molecule has 0 saturated carbocycles. The van der Waals surface area contributed by atoms with Crippen molar-refractivity contribution in [3.8, 4) is 11.3 Å². The van der Waals surface area contributed by atoms with Crippen LogP contribution < -0.4 is 4.90 Å². The number of rotatable bonds is 5. The Bertz CT molecular complexity index is 1400. The maximum Gasteiger partial charge on any atom is 0.282 e. The molecule has 0 spiro atoms. The van der Waals surface area contributed by atoms with Gasteiger partial charge in [-0.05, 0) is 36.8 Å². The van der Waals surface area contributed by atoms with Gasteiger partial charge in [0.05, 0.1) is 22.5 Å². The highest BCUT2D eigenvalue weighted by atomic mass is 35.5. The number of amides is 1. The lowest BCUT2D eigenvalue weighted by Crippen LogP contribution is -2.31. The number of hydrogen-bond acceptors (Lipinski definition) is 6. The molecule has 0 atom stereocenters. The summed E-state index contributed by atoms with van der Waals surface area (Å²) in [5, 5.41) is 5.22. The highest BCUT2D eigenvalue weighted by molar-refractivity contribution is 7.22. The Morgan fingerprint density at radius 3 is 2.69 bits per heavy atom. The van der Waals surface area contributed by atoms with Crippen LogP contribution >= 0.6 is 22.9 Å². The normalized spacial score (nSPS) is 11.1. The average molecular weight is 461 g/mol. The molecular formula is C24H17ClN4O2S. The van der Waals surface area contributed by atoms with Gasteiger partial charge in [0.2, 0.25) is 0 Å². The third-order valence-electron chi connectivity index (χ3n) is 4.95. The largest absolute Gasteiger partial charge is 0.355 e. The van der Waals surface area contributed by atoms with Gasteiger partial charge in [-0.3, -0.25) is 14.7 Å². The quantitative estimate of drug-likeness (QED) is 0.314. The third kappa shape index (κ3) is 4.00. The number of nitrogens with zero attached hydrogens (tertiary/aromatic N) is 4. The summed E-state index contributed by atoms with van der Waals surface area (Å²) in [4.78, 5) is 24.2. The fraction of sp³-hybridized carbons (Fsp3) is 0.0833. The second kappa shape index (κ2) is 8.53. The van der Waals surface area contributed by atoms with Crippen molar-refractivity contribution in [3.05, 3.63) is 94.9 Å². The Morgan fingerprint density at radius 1 is 1.09 bits per heavy atom. The molecule has 158 valence electrons. The minimum absolute atomic E-state index is 0.203. The van der Waals surface area contributed by atoms with E-state index in [4.69, 9.17) is 21.1 Å². The predicted molar refractivity (Wildman–Crippen MR) is 126 cm³/mol. The summed E-state index contributed by atoms with van der Waals surface area (Å²) in [5.74, 6) is 0.211. The first-order chi connectivity index (χ1) is 15.6. The topological polar surface area (TPSA) is 72.1 Å². The molecule has 0 aliphatic heterocycles. The summed E-state index contributed by atoms with van der Waals surface area (Å²) in [5.41, 5.74) is 3.56. The molecule has 0 N–H and O–H groups in total. The van der Waals surface area contributed by atoms with E-state index in [2.05, 4.69) is 10.1 Å². The van der Waals surface area contributed by atoms with E-state index in [1.54, 1.807) is 17.2 Å². The zero-order chi connectivity index (χ0) is 22.1. The number of hydrogen-bond donors (Lipinski definition) is 0. The summed E-state index contributed by atoms with van der Waals surface area (Å²) in [6.45, 7) is 2.20. The molecule has 8 heteroatoms. The van der Waals surface area contributed by atoms with Gasteiger partial charge in [-0.2, -0.15) is 0 Å². The molecule has 0 bridgehead atoms. The van der Waals surface area contributed by atoms with Crippen LogP contribution in [-0.2, 0) is 6.54 Å². The third-order valence-corrected chi connectivity index (χ3v) is 6.19. The van der Waals surface area contributed by atoms with Crippen LogP contribution in [0.25, 0.3) is 21.5 Å². The Kier molecular flexibility index (Phi) is 5.43. The second-order valence-corrected chi connectivity index (χ2v) is 8.67. The zero-order valence-electron chi connectivity index (χ0n) is 17.0. The van der Waals surface area contributed by atoms with Gasteiger partial charge >= 0.3 is 0 Å². The molecule has 0 radical (unpaired) electrons. The first-order valence-electron chi connectivity index (χ1n) is 9.89. The van der Waals surface area contributed by atoms with Crippen LogP contribution in [0.15, 0.2) is 77.4 Å². The van der Waals surface area contributed by atoms with Crippen molar-refractivity contribution in [2.45, 2.75) is 13.5 Å². The zero-order valence-corrected chi connectivity index (χ0v) is 18.6. The number of pyridine rings is 1. The molecule has 0 aliphatic carbocycles. The van der Waals surface area contributed by atoms with Gasteiger partial charge in [0, 0.05) is 22.8 Å². The van der Waals surface area contributed by atoms with Gasteiger partial charge in [0.15, 0.2) is 16.6 Å². The number of carbonyl (C=O) groups excluding carboxylic acids is 1. The molecule has 3 aromatic heterocycles. The Morgan fingerprint density at radius 2 is 1.91 bits per heavy atom. The predicted octanol–water partition coefficient (Wildman–Crippen LogP) is 6.16. The highest BCUT2D eigenvalue weighted by Crippen LogP contribution is 2.34. The lowest BCUT2D eigenvalue weighted by molar-refractivity contribution is 0.0976. The molecule has 2 aromatic carbocycles. The standard InChI is InChI=1S/C24H17ClN4O2S/c1-15-11-17(25)12-21-22(15)27-24(32-21)29(14-18-9-5-6-10-26-18)23(30)19-13-20(31-28-19)16-7-3-2-4-8-16/h2-13H,14H2,1H3. The first kappa shape index (κ1) is 20.4. The number of anilines is 1. The summed E-state index contributed by atoms with van der Waals surface area (Å²) in [6.07, 6.45) is 1.70. The van der Waals surface area contributed by atoms with Crippen LogP contribution in [0.5, 0.6) is 0 Å². The first-order valence-corrected chi connectivity index (χ1v) is 11.1. The number of benzene rings is 2.